The average Bonchev–Trinajstić information content (AvgIpc) is 2.94. The van der Waals surface area contributed by atoms with E-state index in [-0.39, 0.29) is 5.54 Å². The second-order valence-electron chi connectivity index (χ2n) is 7.65. The molecule has 0 spiro atoms. The number of hydrogen-bond acceptors (Lipinski definition) is 5. The number of nitrogen functional groups attached to an aromatic ring is 1. The number of pyridine rings is 1. The van der Waals surface area contributed by atoms with Crippen LogP contribution in [0.2, 0.25) is 0 Å². The van der Waals surface area contributed by atoms with Crippen molar-refractivity contribution in [3.8, 4) is 5.88 Å². The average molecular weight is 348 g/mol. The normalized spacial score (nSPS) is 12.2. The van der Waals surface area contributed by atoms with Gasteiger partial charge >= 0.3 is 0 Å². The Morgan fingerprint density at radius 2 is 2.00 bits per heavy atom. The SMILES string of the molecule is CCCCOc1cc2c(ncn2CCCCN(C)C(C)(C)C)c(N)n1. The molecule has 0 aliphatic rings. The molecule has 6 heteroatoms. The van der Waals surface area contributed by atoms with Crippen molar-refractivity contribution in [1.29, 1.82) is 0 Å². The summed E-state index contributed by atoms with van der Waals surface area (Å²) in [6.45, 7) is 11.5. The van der Waals surface area contributed by atoms with Crippen LogP contribution in [0, 0.1) is 0 Å². The monoisotopic (exact) mass is 347 g/mol. The zero-order chi connectivity index (χ0) is 18.4. The van der Waals surface area contributed by atoms with Crippen LogP contribution in [0.25, 0.3) is 11.0 Å². The number of imidazole rings is 1. The highest BCUT2D eigenvalue weighted by Gasteiger charge is 2.16. The van der Waals surface area contributed by atoms with E-state index in [0.29, 0.717) is 18.3 Å². The summed E-state index contributed by atoms with van der Waals surface area (Å²) in [6.07, 6.45) is 6.21. The molecule has 2 N–H and O–H groups in total. The molecule has 2 heterocycles. The quantitative estimate of drug-likeness (QED) is 0.700. The van der Waals surface area contributed by atoms with Gasteiger partial charge in [0.2, 0.25) is 5.88 Å². The third-order valence-electron chi connectivity index (χ3n) is 4.65. The van der Waals surface area contributed by atoms with E-state index in [2.05, 4.69) is 54.2 Å². The number of fused-ring (bicyclic) bond motifs is 1. The fourth-order valence-electron chi connectivity index (χ4n) is 2.60. The molecular formula is C19H33N5O. The van der Waals surface area contributed by atoms with Crippen LogP contribution < -0.4 is 10.5 Å². The van der Waals surface area contributed by atoms with Gasteiger partial charge in [-0.05, 0) is 53.6 Å². The molecule has 2 rings (SSSR count). The molecule has 0 atom stereocenters. The highest BCUT2D eigenvalue weighted by atomic mass is 16.5. The molecule has 6 nitrogen and oxygen atoms in total. The Morgan fingerprint density at radius 3 is 2.68 bits per heavy atom. The van der Waals surface area contributed by atoms with Crippen LogP contribution in [-0.2, 0) is 6.54 Å². The molecule has 0 aliphatic carbocycles. The predicted molar refractivity (Wildman–Crippen MR) is 104 cm³/mol. The van der Waals surface area contributed by atoms with Crippen LogP contribution in [0.5, 0.6) is 5.88 Å². The lowest BCUT2D eigenvalue weighted by Crippen LogP contribution is -2.38. The lowest BCUT2D eigenvalue weighted by molar-refractivity contribution is 0.172. The minimum atomic E-state index is 0.215. The van der Waals surface area contributed by atoms with Gasteiger partial charge < -0.3 is 19.9 Å². The number of rotatable bonds is 9. The Bertz CT molecular complexity index is 674. The standard InChI is InChI=1S/C19H33N5O/c1-6-7-12-25-16-13-15-17(18(20)22-16)21-14-24(15)11-9-8-10-23(5)19(2,3)4/h13-14H,6-12H2,1-5H3,(H2,20,22). The Hall–Kier alpha value is -1.82. The van der Waals surface area contributed by atoms with Gasteiger partial charge in [-0.25, -0.2) is 4.98 Å². The molecule has 0 saturated carbocycles. The second kappa shape index (κ2) is 8.52. The Morgan fingerprint density at radius 1 is 1.24 bits per heavy atom. The van der Waals surface area contributed by atoms with Crippen molar-refractivity contribution in [2.75, 3.05) is 25.9 Å². The highest BCUT2D eigenvalue weighted by molar-refractivity contribution is 5.85. The van der Waals surface area contributed by atoms with Crippen molar-refractivity contribution in [3.63, 3.8) is 0 Å². The molecule has 0 saturated heterocycles. The molecule has 25 heavy (non-hydrogen) atoms. The van der Waals surface area contributed by atoms with Gasteiger partial charge in [-0.3, -0.25) is 0 Å². The lowest BCUT2D eigenvalue weighted by Gasteiger charge is -2.31. The van der Waals surface area contributed by atoms with Crippen molar-refractivity contribution in [1.82, 2.24) is 19.4 Å². The Labute approximate surface area is 151 Å². The van der Waals surface area contributed by atoms with Gasteiger partial charge in [-0.15, -0.1) is 0 Å². The first-order chi connectivity index (χ1) is 11.8. The summed E-state index contributed by atoms with van der Waals surface area (Å²) in [6, 6.07) is 1.95. The minimum Gasteiger partial charge on any atom is -0.478 e. The van der Waals surface area contributed by atoms with Gasteiger partial charge in [-0.1, -0.05) is 13.3 Å². The second-order valence-corrected chi connectivity index (χ2v) is 7.65. The fourth-order valence-corrected chi connectivity index (χ4v) is 2.60. The van der Waals surface area contributed by atoms with E-state index >= 15 is 0 Å². The maximum atomic E-state index is 6.04. The molecule has 0 amide bonds. The smallest absolute Gasteiger partial charge is 0.217 e. The van der Waals surface area contributed by atoms with Gasteiger partial charge in [0, 0.05) is 18.2 Å². The number of hydrogen-bond donors (Lipinski definition) is 1. The van der Waals surface area contributed by atoms with Crippen LogP contribution in [0.15, 0.2) is 12.4 Å². The van der Waals surface area contributed by atoms with Crippen molar-refractivity contribution in [2.24, 2.45) is 0 Å². The van der Waals surface area contributed by atoms with Gasteiger partial charge in [0.25, 0.3) is 0 Å². The zero-order valence-corrected chi connectivity index (χ0v) is 16.4. The number of aromatic nitrogens is 3. The summed E-state index contributed by atoms with van der Waals surface area (Å²) < 4.78 is 7.87. The molecule has 2 aromatic rings. The van der Waals surface area contributed by atoms with Crippen molar-refractivity contribution in [2.45, 2.75) is 65.5 Å². The Kier molecular flexibility index (Phi) is 6.64. The zero-order valence-electron chi connectivity index (χ0n) is 16.4. The van der Waals surface area contributed by atoms with Gasteiger partial charge in [-0.2, -0.15) is 4.98 Å². The largest absolute Gasteiger partial charge is 0.478 e. The van der Waals surface area contributed by atoms with Gasteiger partial charge in [0.15, 0.2) is 5.82 Å². The molecule has 0 bridgehead atoms. The number of unbranched alkanes of at least 4 members (excludes halogenated alkanes) is 2. The van der Waals surface area contributed by atoms with E-state index in [1.807, 2.05) is 12.4 Å². The summed E-state index contributed by atoms with van der Waals surface area (Å²) in [5.41, 5.74) is 8.02. The molecule has 140 valence electrons. The van der Waals surface area contributed by atoms with Crippen molar-refractivity contribution < 1.29 is 4.74 Å². The third kappa shape index (κ3) is 5.33. The Balaban J connectivity index is 1.98. The summed E-state index contributed by atoms with van der Waals surface area (Å²) in [4.78, 5) is 11.1. The third-order valence-corrected chi connectivity index (χ3v) is 4.65. The van der Waals surface area contributed by atoms with E-state index in [0.717, 1.165) is 49.8 Å². The van der Waals surface area contributed by atoms with E-state index < -0.39 is 0 Å². The molecule has 2 aromatic heterocycles. The van der Waals surface area contributed by atoms with Crippen LogP contribution in [-0.4, -0.2) is 45.2 Å². The number of aryl methyl sites for hydroxylation is 1. The lowest BCUT2D eigenvalue weighted by atomic mass is 10.1. The summed E-state index contributed by atoms with van der Waals surface area (Å²) in [7, 11) is 2.18. The number of anilines is 1. The predicted octanol–water partition coefficient (Wildman–Crippen LogP) is 3.70. The summed E-state index contributed by atoms with van der Waals surface area (Å²) in [5.74, 6) is 1.03. The molecule has 0 aromatic carbocycles. The van der Waals surface area contributed by atoms with Crippen LogP contribution >= 0.6 is 0 Å². The van der Waals surface area contributed by atoms with E-state index in [1.165, 1.54) is 0 Å². The fraction of sp³-hybridized carbons (Fsp3) is 0.684. The van der Waals surface area contributed by atoms with Crippen molar-refractivity contribution >= 4 is 16.9 Å². The topological polar surface area (TPSA) is 69.2 Å². The molecule has 0 unspecified atom stereocenters. The molecule has 0 radical (unpaired) electrons. The van der Waals surface area contributed by atoms with Crippen molar-refractivity contribution in [3.05, 3.63) is 12.4 Å². The molecule has 0 fully saturated rings. The maximum Gasteiger partial charge on any atom is 0.217 e. The highest BCUT2D eigenvalue weighted by Crippen LogP contribution is 2.23. The number of nitrogens with zero attached hydrogens (tertiary/aromatic N) is 4. The van der Waals surface area contributed by atoms with Crippen LogP contribution in [0.3, 0.4) is 0 Å². The molecular weight excluding hydrogens is 314 g/mol. The first-order valence-electron chi connectivity index (χ1n) is 9.28. The van der Waals surface area contributed by atoms with Crippen LogP contribution in [0.4, 0.5) is 5.82 Å². The van der Waals surface area contributed by atoms with E-state index in [1.54, 1.807) is 0 Å². The van der Waals surface area contributed by atoms with Gasteiger partial charge in [0.1, 0.15) is 5.52 Å². The van der Waals surface area contributed by atoms with E-state index in [9.17, 15) is 0 Å². The van der Waals surface area contributed by atoms with E-state index in [4.69, 9.17) is 10.5 Å². The first-order valence-corrected chi connectivity index (χ1v) is 9.28. The summed E-state index contributed by atoms with van der Waals surface area (Å²) >= 11 is 0. The first kappa shape index (κ1) is 19.5. The maximum absolute atomic E-state index is 6.04. The number of nitrogens with two attached hydrogens (primary N) is 1. The summed E-state index contributed by atoms with van der Waals surface area (Å²) in [5, 5.41) is 0. The molecule has 0 aliphatic heterocycles. The van der Waals surface area contributed by atoms with Gasteiger partial charge in [0.05, 0.1) is 18.5 Å². The van der Waals surface area contributed by atoms with Crippen LogP contribution in [0.1, 0.15) is 53.4 Å². The minimum absolute atomic E-state index is 0.215. The number of ether oxygens (including phenoxy) is 1.